The fraction of sp³-hybridized carbons (Fsp3) is 0.250. The molecule has 0 spiro atoms. The molecule has 0 saturated heterocycles. The average molecular weight is 213 g/mol. The summed E-state index contributed by atoms with van der Waals surface area (Å²) in [4.78, 5) is 14.5. The third-order valence-corrected chi connectivity index (χ3v) is 2.76. The number of rotatable bonds is 3. The van der Waals surface area contributed by atoms with Gasteiger partial charge in [-0.15, -0.1) is 0 Å². The van der Waals surface area contributed by atoms with E-state index in [1.54, 1.807) is 16.9 Å². The molecule has 4 nitrogen and oxygen atoms in total. The Morgan fingerprint density at radius 3 is 2.81 bits per heavy atom. The lowest BCUT2D eigenvalue weighted by molar-refractivity contribution is 0.111. The van der Waals surface area contributed by atoms with Crippen LogP contribution in [0.2, 0.25) is 0 Å². The number of pyridine rings is 1. The van der Waals surface area contributed by atoms with Crippen LogP contribution in [-0.4, -0.2) is 21.1 Å². The summed E-state index contributed by atoms with van der Waals surface area (Å²) in [5, 5.41) is 4.49. The Labute approximate surface area is 92.9 Å². The Bertz CT molecular complexity index is 511. The highest BCUT2D eigenvalue weighted by Gasteiger charge is 2.25. The van der Waals surface area contributed by atoms with Crippen molar-refractivity contribution in [3.63, 3.8) is 0 Å². The number of nitrogens with zero attached hydrogens (tertiary/aromatic N) is 3. The van der Waals surface area contributed by atoms with Gasteiger partial charge in [0.15, 0.2) is 6.29 Å². The number of hydrogen-bond donors (Lipinski definition) is 0. The van der Waals surface area contributed by atoms with Crippen molar-refractivity contribution in [1.29, 1.82) is 0 Å². The highest BCUT2D eigenvalue weighted by Crippen LogP contribution is 2.38. The summed E-state index contributed by atoms with van der Waals surface area (Å²) < 4.78 is 1.80. The molecule has 2 aromatic rings. The van der Waals surface area contributed by atoms with Gasteiger partial charge in [-0.05, 0) is 31.0 Å². The third kappa shape index (κ3) is 1.62. The summed E-state index contributed by atoms with van der Waals surface area (Å²) in [5.74, 6) is 0.656. The van der Waals surface area contributed by atoms with Gasteiger partial charge in [0.05, 0.1) is 17.6 Å². The third-order valence-electron chi connectivity index (χ3n) is 2.76. The van der Waals surface area contributed by atoms with E-state index in [2.05, 4.69) is 10.1 Å². The molecule has 0 amide bonds. The molecule has 0 unspecified atom stereocenters. The number of carbonyl (C=O) groups is 1. The van der Waals surface area contributed by atoms with Crippen molar-refractivity contribution >= 4 is 6.29 Å². The molecule has 3 rings (SSSR count). The van der Waals surface area contributed by atoms with Gasteiger partial charge in [-0.2, -0.15) is 5.10 Å². The summed E-state index contributed by atoms with van der Waals surface area (Å²) in [6.45, 7) is 0. The van der Waals surface area contributed by atoms with Crippen LogP contribution in [0, 0.1) is 0 Å². The minimum absolute atomic E-state index is 0.443. The van der Waals surface area contributed by atoms with Gasteiger partial charge in [0.25, 0.3) is 0 Å². The van der Waals surface area contributed by atoms with Gasteiger partial charge in [-0.25, -0.2) is 4.68 Å². The Kier molecular flexibility index (Phi) is 2.06. The Hall–Kier alpha value is -1.97. The molecule has 1 fully saturated rings. The van der Waals surface area contributed by atoms with E-state index < -0.39 is 0 Å². The van der Waals surface area contributed by atoms with Crippen LogP contribution in [0.1, 0.15) is 34.9 Å². The van der Waals surface area contributed by atoms with Gasteiger partial charge in [0.2, 0.25) is 0 Å². The van der Waals surface area contributed by atoms with Gasteiger partial charge in [-0.1, -0.05) is 0 Å². The van der Waals surface area contributed by atoms with Crippen LogP contribution in [-0.2, 0) is 0 Å². The lowest BCUT2D eigenvalue weighted by atomic mass is 10.3. The summed E-state index contributed by atoms with van der Waals surface area (Å²) in [6.07, 6.45) is 6.83. The number of hydrogen-bond acceptors (Lipinski definition) is 3. The molecule has 0 N–H and O–H groups in total. The molecule has 4 heteroatoms. The molecule has 1 aliphatic rings. The first-order chi connectivity index (χ1) is 7.86. The van der Waals surface area contributed by atoms with Crippen molar-refractivity contribution in [3.05, 3.63) is 42.0 Å². The van der Waals surface area contributed by atoms with E-state index in [1.165, 1.54) is 12.8 Å². The Morgan fingerprint density at radius 2 is 2.19 bits per heavy atom. The fourth-order valence-corrected chi connectivity index (χ4v) is 1.68. The Morgan fingerprint density at radius 1 is 1.31 bits per heavy atom. The van der Waals surface area contributed by atoms with E-state index in [4.69, 9.17) is 0 Å². The van der Waals surface area contributed by atoms with E-state index in [1.807, 2.05) is 18.3 Å². The zero-order chi connectivity index (χ0) is 11.0. The van der Waals surface area contributed by atoms with Crippen molar-refractivity contribution in [2.45, 2.75) is 18.8 Å². The van der Waals surface area contributed by atoms with Gasteiger partial charge in [-0.3, -0.25) is 9.78 Å². The summed E-state index contributed by atoms with van der Waals surface area (Å²) >= 11 is 0. The minimum atomic E-state index is 0.443. The van der Waals surface area contributed by atoms with Crippen LogP contribution in [0.25, 0.3) is 5.69 Å². The molecule has 2 heterocycles. The topological polar surface area (TPSA) is 47.8 Å². The maximum Gasteiger partial charge on any atom is 0.168 e. The zero-order valence-corrected chi connectivity index (χ0v) is 8.71. The molecule has 2 aromatic heterocycles. The maximum absolute atomic E-state index is 10.5. The van der Waals surface area contributed by atoms with Crippen molar-refractivity contribution in [2.75, 3.05) is 0 Å². The quantitative estimate of drug-likeness (QED) is 0.732. The van der Waals surface area contributed by atoms with Gasteiger partial charge in [0.1, 0.15) is 5.69 Å². The van der Waals surface area contributed by atoms with Gasteiger partial charge >= 0.3 is 0 Å². The molecule has 0 aromatic carbocycles. The monoisotopic (exact) mass is 213 g/mol. The lowest BCUT2D eigenvalue weighted by Gasteiger charge is -2.00. The van der Waals surface area contributed by atoms with Crippen molar-refractivity contribution < 1.29 is 4.79 Å². The molecule has 0 aliphatic heterocycles. The van der Waals surface area contributed by atoms with E-state index in [-0.39, 0.29) is 0 Å². The summed E-state index contributed by atoms with van der Waals surface area (Å²) in [7, 11) is 0. The first-order valence-corrected chi connectivity index (χ1v) is 5.34. The second-order valence-corrected chi connectivity index (χ2v) is 4.02. The van der Waals surface area contributed by atoms with E-state index in [0.29, 0.717) is 11.6 Å². The van der Waals surface area contributed by atoms with Crippen molar-refractivity contribution in [3.8, 4) is 5.69 Å². The zero-order valence-electron chi connectivity index (χ0n) is 8.71. The van der Waals surface area contributed by atoms with E-state index >= 15 is 0 Å². The van der Waals surface area contributed by atoms with Crippen LogP contribution >= 0.6 is 0 Å². The normalized spacial score (nSPS) is 15.0. The largest absolute Gasteiger partial charge is 0.296 e. The summed E-state index contributed by atoms with van der Waals surface area (Å²) in [5.41, 5.74) is 2.48. The van der Waals surface area contributed by atoms with Crippen LogP contribution in [0.15, 0.2) is 30.6 Å². The lowest BCUT2D eigenvalue weighted by Crippen LogP contribution is -1.97. The molecule has 1 saturated carbocycles. The van der Waals surface area contributed by atoms with Crippen LogP contribution in [0.3, 0.4) is 0 Å². The Balaban J connectivity index is 1.91. The minimum Gasteiger partial charge on any atom is -0.296 e. The number of carbonyl (C=O) groups excluding carboxylic acids is 1. The maximum atomic E-state index is 10.5. The van der Waals surface area contributed by atoms with Crippen molar-refractivity contribution in [1.82, 2.24) is 14.8 Å². The second kappa shape index (κ2) is 3.56. The molecule has 1 aliphatic carbocycles. The van der Waals surface area contributed by atoms with Crippen LogP contribution < -0.4 is 0 Å². The van der Waals surface area contributed by atoms with Crippen LogP contribution in [0.4, 0.5) is 0 Å². The first-order valence-electron chi connectivity index (χ1n) is 5.34. The molecular weight excluding hydrogens is 202 g/mol. The number of aldehydes is 1. The van der Waals surface area contributed by atoms with Crippen LogP contribution in [0.5, 0.6) is 0 Å². The molecule has 16 heavy (non-hydrogen) atoms. The molecule has 0 bridgehead atoms. The fourth-order valence-electron chi connectivity index (χ4n) is 1.68. The molecular formula is C12H11N3O. The number of aromatic nitrogens is 3. The standard InChI is InChI=1S/C12H11N3O/c16-8-10-3-4-11(7-13-10)15-6-5-12(14-15)9-1-2-9/h3-9H,1-2H2. The highest BCUT2D eigenvalue weighted by atomic mass is 16.1. The SMILES string of the molecule is O=Cc1ccc(-n2ccc(C3CC3)n2)cn1. The predicted molar refractivity (Wildman–Crippen MR) is 58.7 cm³/mol. The first kappa shape index (κ1) is 9.27. The second-order valence-electron chi connectivity index (χ2n) is 4.02. The molecule has 80 valence electrons. The van der Waals surface area contributed by atoms with E-state index in [9.17, 15) is 4.79 Å². The average Bonchev–Trinajstić information content (AvgIpc) is 3.08. The van der Waals surface area contributed by atoms with Gasteiger partial charge in [0, 0.05) is 12.1 Å². The molecule has 0 radical (unpaired) electrons. The van der Waals surface area contributed by atoms with Gasteiger partial charge < -0.3 is 0 Å². The van der Waals surface area contributed by atoms with E-state index in [0.717, 1.165) is 17.7 Å². The summed E-state index contributed by atoms with van der Waals surface area (Å²) in [6, 6.07) is 5.59. The molecule has 0 atom stereocenters. The van der Waals surface area contributed by atoms with Crippen molar-refractivity contribution in [2.24, 2.45) is 0 Å². The predicted octanol–water partition coefficient (Wildman–Crippen LogP) is 1.96. The smallest absolute Gasteiger partial charge is 0.168 e. The highest BCUT2D eigenvalue weighted by molar-refractivity contribution is 5.71.